The molecule has 1 aliphatic carbocycles. The van der Waals surface area contributed by atoms with Crippen LogP contribution in [-0.2, 0) is 0 Å². The summed E-state index contributed by atoms with van der Waals surface area (Å²) in [6.45, 7) is 0. The highest BCUT2D eigenvalue weighted by Gasteiger charge is 2.24. The number of hydrogen-bond donors (Lipinski definition) is 0. The second-order valence-corrected chi connectivity index (χ2v) is 2.61. The third kappa shape index (κ3) is 1.04. The molecule has 0 bridgehead atoms. The van der Waals surface area contributed by atoms with Crippen LogP contribution < -0.4 is 5.72 Å². The van der Waals surface area contributed by atoms with Gasteiger partial charge in [0.2, 0.25) is 0 Å². The molecule has 1 aromatic heterocycles. The van der Waals surface area contributed by atoms with Crippen molar-refractivity contribution in [3.8, 4) is 0 Å². The first-order valence-corrected chi connectivity index (χ1v) is 3.44. The molecule has 0 aromatic carbocycles. The molecule has 3 heteroatoms. The Bertz CT molecular complexity index is 245. The van der Waals surface area contributed by atoms with Gasteiger partial charge in [0.25, 0.3) is 0 Å². The quantitative estimate of drug-likeness (QED) is 0.505. The lowest BCUT2D eigenvalue weighted by Crippen LogP contribution is -2.13. The molecule has 48 valence electrons. The fourth-order valence-corrected chi connectivity index (χ4v) is 0.995. The minimum atomic E-state index is 0.393. The van der Waals surface area contributed by atoms with Crippen molar-refractivity contribution in [3.63, 3.8) is 0 Å². The number of aromatic nitrogens is 2. The lowest BCUT2D eigenvalue weighted by molar-refractivity contribution is 1.01. The van der Waals surface area contributed by atoms with Crippen molar-refractivity contribution in [2.45, 2.75) is 18.8 Å². The van der Waals surface area contributed by atoms with Crippen LogP contribution in [0.15, 0.2) is 12.3 Å². The summed E-state index contributed by atoms with van der Waals surface area (Å²) >= 11 is 0. The lowest BCUT2D eigenvalue weighted by atomic mass is 10.1. The maximum absolute atomic E-state index is 5.40. The molecule has 10 heavy (non-hydrogen) atoms. The Morgan fingerprint density at radius 1 is 1.50 bits per heavy atom. The van der Waals surface area contributed by atoms with E-state index in [0.717, 1.165) is 5.69 Å². The Kier molecular flexibility index (Phi) is 1.23. The van der Waals surface area contributed by atoms with Gasteiger partial charge in [-0.2, -0.15) is 0 Å². The van der Waals surface area contributed by atoms with E-state index in [-0.39, 0.29) is 0 Å². The summed E-state index contributed by atoms with van der Waals surface area (Å²) in [6, 6.07) is 1.94. The van der Waals surface area contributed by atoms with Gasteiger partial charge in [-0.15, -0.1) is 0 Å². The average Bonchev–Trinajstić information content (AvgIpc) is 2.68. The van der Waals surface area contributed by atoms with Crippen molar-refractivity contribution >= 4 is 13.6 Å². The summed E-state index contributed by atoms with van der Waals surface area (Å²) in [7, 11) is 5.40. The van der Waals surface area contributed by atoms with Gasteiger partial charge in [0.05, 0.1) is 5.72 Å². The molecule has 1 aromatic rings. The standard InChI is InChI=1S/C7H7BN2/c8-7-9-4-3-6(10-7)5-1-2-5/h3-5H,1-2H2. The molecule has 0 unspecified atom stereocenters. The second kappa shape index (κ2) is 2.08. The molecule has 2 radical (unpaired) electrons. The van der Waals surface area contributed by atoms with Gasteiger partial charge in [-0.25, -0.2) is 0 Å². The topological polar surface area (TPSA) is 25.8 Å². The van der Waals surface area contributed by atoms with Crippen LogP contribution in [-0.4, -0.2) is 17.8 Å². The van der Waals surface area contributed by atoms with E-state index < -0.39 is 0 Å². The Morgan fingerprint density at radius 2 is 2.30 bits per heavy atom. The van der Waals surface area contributed by atoms with Crippen molar-refractivity contribution in [1.29, 1.82) is 0 Å². The summed E-state index contributed by atoms with van der Waals surface area (Å²) in [5.41, 5.74) is 1.50. The third-order valence-electron chi connectivity index (χ3n) is 1.69. The van der Waals surface area contributed by atoms with Crippen LogP contribution in [0.4, 0.5) is 0 Å². The average molecular weight is 130 g/mol. The van der Waals surface area contributed by atoms with Gasteiger partial charge in [0.15, 0.2) is 7.85 Å². The molecular weight excluding hydrogens is 123 g/mol. The van der Waals surface area contributed by atoms with E-state index in [4.69, 9.17) is 7.85 Å². The maximum atomic E-state index is 5.40. The molecule has 0 spiro atoms. The summed E-state index contributed by atoms with van der Waals surface area (Å²) < 4.78 is 0. The number of rotatable bonds is 1. The van der Waals surface area contributed by atoms with Crippen molar-refractivity contribution in [3.05, 3.63) is 18.0 Å². The Hall–Kier alpha value is -0.855. The smallest absolute Gasteiger partial charge is 0.170 e. The zero-order valence-electron chi connectivity index (χ0n) is 5.62. The fourth-order valence-electron chi connectivity index (χ4n) is 0.995. The van der Waals surface area contributed by atoms with E-state index in [9.17, 15) is 0 Å². The molecule has 1 saturated carbocycles. The zero-order valence-corrected chi connectivity index (χ0v) is 5.62. The van der Waals surface area contributed by atoms with E-state index in [1.807, 2.05) is 6.07 Å². The first-order chi connectivity index (χ1) is 4.86. The van der Waals surface area contributed by atoms with E-state index in [1.165, 1.54) is 12.8 Å². The van der Waals surface area contributed by atoms with Crippen LogP contribution in [0.2, 0.25) is 0 Å². The fraction of sp³-hybridized carbons (Fsp3) is 0.429. The monoisotopic (exact) mass is 130 g/mol. The Morgan fingerprint density at radius 3 is 2.90 bits per heavy atom. The van der Waals surface area contributed by atoms with Crippen LogP contribution in [0, 0.1) is 0 Å². The highest BCUT2D eigenvalue weighted by Crippen LogP contribution is 2.38. The lowest BCUT2D eigenvalue weighted by Gasteiger charge is -1.95. The molecule has 1 fully saturated rings. The second-order valence-electron chi connectivity index (χ2n) is 2.61. The molecule has 0 atom stereocenters. The van der Waals surface area contributed by atoms with Crippen LogP contribution in [0.25, 0.3) is 0 Å². The minimum Gasteiger partial charge on any atom is -0.254 e. The molecule has 1 heterocycles. The van der Waals surface area contributed by atoms with Crippen LogP contribution in [0.5, 0.6) is 0 Å². The van der Waals surface area contributed by atoms with E-state index in [2.05, 4.69) is 9.97 Å². The van der Waals surface area contributed by atoms with Crippen molar-refractivity contribution < 1.29 is 0 Å². The van der Waals surface area contributed by atoms with Gasteiger partial charge in [-0.1, -0.05) is 0 Å². The summed E-state index contributed by atoms with van der Waals surface area (Å²) in [5, 5.41) is 0. The molecule has 0 N–H and O–H groups in total. The van der Waals surface area contributed by atoms with E-state index >= 15 is 0 Å². The molecule has 2 rings (SSSR count). The van der Waals surface area contributed by atoms with Crippen LogP contribution >= 0.6 is 0 Å². The number of hydrogen-bond acceptors (Lipinski definition) is 2. The maximum Gasteiger partial charge on any atom is 0.170 e. The summed E-state index contributed by atoms with van der Waals surface area (Å²) in [6.07, 6.45) is 4.24. The van der Waals surface area contributed by atoms with Crippen molar-refractivity contribution in [2.75, 3.05) is 0 Å². The molecule has 1 aliphatic rings. The van der Waals surface area contributed by atoms with Gasteiger partial charge < -0.3 is 0 Å². The molecule has 0 saturated heterocycles. The van der Waals surface area contributed by atoms with Gasteiger partial charge in [0, 0.05) is 17.8 Å². The van der Waals surface area contributed by atoms with Gasteiger partial charge in [0.1, 0.15) is 0 Å². The molecule has 0 aliphatic heterocycles. The third-order valence-corrected chi connectivity index (χ3v) is 1.69. The Labute approximate surface area is 61.1 Å². The van der Waals surface area contributed by atoms with Gasteiger partial charge in [-0.3, -0.25) is 9.97 Å². The SMILES string of the molecule is [B]c1nccc(C2CC2)n1. The predicted octanol–water partition coefficient (Wildman–Crippen LogP) is 0.148. The van der Waals surface area contributed by atoms with E-state index in [0.29, 0.717) is 11.6 Å². The zero-order chi connectivity index (χ0) is 6.97. The summed E-state index contributed by atoms with van der Waals surface area (Å²) in [4.78, 5) is 7.92. The normalized spacial score (nSPS) is 17.2. The molecular formula is C7H7BN2. The molecule has 2 nitrogen and oxygen atoms in total. The highest BCUT2D eigenvalue weighted by molar-refractivity contribution is 6.28. The predicted molar refractivity (Wildman–Crippen MR) is 39.4 cm³/mol. The first kappa shape index (κ1) is 5.89. The van der Waals surface area contributed by atoms with Crippen LogP contribution in [0.1, 0.15) is 24.5 Å². The van der Waals surface area contributed by atoms with E-state index in [1.54, 1.807) is 6.20 Å². The Balaban J connectivity index is 2.32. The van der Waals surface area contributed by atoms with Gasteiger partial charge >= 0.3 is 0 Å². The molecule has 0 amide bonds. The first-order valence-electron chi connectivity index (χ1n) is 3.44. The number of nitrogens with zero attached hydrogens (tertiary/aromatic N) is 2. The van der Waals surface area contributed by atoms with Gasteiger partial charge in [-0.05, 0) is 18.9 Å². The largest absolute Gasteiger partial charge is 0.254 e. The van der Waals surface area contributed by atoms with Crippen molar-refractivity contribution in [2.24, 2.45) is 0 Å². The van der Waals surface area contributed by atoms with Crippen LogP contribution in [0.3, 0.4) is 0 Å². The van der Waals surface area contributed by atoms with Crippen molar-refractivity contribution in [1.82, 2.24) is 9.97 Å². The summed E-state index contributed by atoms with van der Waals surface area (Å²) in [5.74, 6) is 0.672. The highest BCUT2D eigenvalue weighted by atomic mass is 14.9. The minimum absolute atomic E-state index is 0.393.